The predicted molar refractivity (Wildman–Crippen MR) is 62.6 cm³/mol. The molecule has 0 spiro atoms. The maximum absolute atomic E-state index is 5.25. The van der Waals surface area contributed by atoms with Crippen molar-refractivity contribution in [1.82, 2.24) is 9.38 Å². The van der Waals surface area contributed by atoms with Gasteiger partial charge in [-0.05, 0) is 37.5 Å². The Bertz CT molecular complexity index is 526. The maximum atomic E-state index is 5.25. The third-order valence-electron chi connectivity index (χ3n) is 3.20. The van der Waals surface area contributed by atoms with E-state index in [1.54, 1.807) is 7.11 Å². The van der Waals surface area contributed by atoms with Crippen LogP contribution < -0.4 is 0 Å². The molecule has 0 saturated heterocycles. The molecule has 0 radical (unpaired) electrons. The van der Waals surface area contributed by atoms with Gasteiger partial charge in [-0.3, -0.25) is 0 Å². The fourth-order valence-corrected chi connectivity index (χ4v) is 2.14. The summed E-state index contributed by atoms with van der Waals surface area (Å²) in [6.45, 7) is 2.75. The molecular weight excluding hydrogens is 200 g/mol. The van der Waals surface area contributed by atoms with Crippen LogP contribution in [0.15, 0.2) is 18.3 Å². The smallest absolute Gasteiger partial charge is 0.140 e. The zero-order valence-corrected chi connectivity index (χ0v) is 9.73. The van der Waals surface area contributed by atoms with E-state index in [4.69, 9.17) is 9.72 Å². The summed E-state index contributed by atoms with van der Waals surface area (Å²) in [4.78, 5) is 4.75. The first kappa shape index (κ1) is 9.85. The second kappa shape index (κ2) is 3.59. The molecule has 2 aromatic rings. The van der Waals surface area contributed by atoms with E-state index in [1.165, 1.54) is 29.8 Å². The van der Waals surface area contributed by atoms with Crippen LogP contribution in [-0.4, -0.2) is 16.5 Å². The van der Waals surface area contributed by atoms with Crippen molar-refractivity contribution in [2.75, 3.05) is 7.11 Å². The van der Waals surface area contributed by atoms with Crippen molar-refractivity contribution in [3.8, 4) is 0 Å². The average molecular weight is 216 g/mol. The van der Waals surface area contributed by atoms with E-state index in [0.717, 1.165) is 5.65 Å². The van der Waals surface area contributed by atoms with Gasteiger partial charge in [0.25, 0.3) is 0 Å². The molecule has 0 bridgehead atoms. The molecule has 0 aromatic carbocycles. The molecule has 1 aliphatic rings. The SMILES string of the molecule is COCc1cc(C2CC2)nc2c(C)ccn12. The third kappa shape index (κ3) is 1.52. The van der Waals surface area contributed by atoms with E-state index < -0.39 is 0 Å². The first-order valence-electron chi connectivity index (χ1n) is 5.76. The minimum Gasteiger partial charge on any atom is -0.378 e. The second-order valence-electron chi connectivity index (χ2n) is 4.57. The molecule has 1 aliphatic carbocycles. The average Bonchev–Trinajstić information content (AvgIpc) is 3.05. The summed E-state index contributed by atoms with van der Waals surface area (Å²) in [6.07, 6.45) is 4.65. The van der Waals surface area contributed by atoms with Crippen molar-refractivity contribution < 1.29 is 4.74 Å². The summed E-state index contributed by atoms with van der Waals surface area (Å²) in [5.74, 6) is 0.690. The molecule has 0 aliphatic heterocycles. The molecule has 0 atom stereocenters. The minimum atomic E-state index is 0.646. The van der Waals surface area contributed by atoms with Crippen molar-refractivity contribution in [2.45, 2.75) is 32.3 Å². The molecule has 16 heavy (non-hydrogen) atoms. The second-order valence-corrected chi connectivity index (χ2v) is 4.57. The Balaban J connectivity index is 2.19. The van der Waals surface area contributed by atoms with Crippen LogP contribution >= 0.6 is 0 Å². The fraction of sp³-hybridized carbons (Fsp3) is 0.462. The molecule has 2 heterocycles. The molecule has 3 nitrogen and oxygen atoms in total. The highest BCUT2D eigenvalue weighted by Gasteiger charge is 2.26. The van der Waals surface area contributed by atoms with Crippen molar-refractivity contribution in [2.24, 2.45) is 0 Å². The number of nitrogens with zero attached hydrogens (tertiary/aromatic N) is 2. The van der Waals surface area contributed by atoms with Crippen molar-refractivity contribution in [3.63, 3.8) is 0 Å². The Morgan fingerprint density at radius 3 is 3.00 bits per heavy atom. The first-order chi connectivity index (χ1) is 7.79. The molecule has 1 fully saturated rings. The van der Waals surface area contributed by atoms with E-state index in [9.17, 15) is 0 Å². The van der Waals surface area contributed by atoms with E-state index >= 15 is 0 Å². The first-order valence-corrected chi connectivity index (χ1v) is 5.76. The van der Waals surface area contributed by atoms with Crippen molar-refractivity contribution in [3.05, 3.63) is 35.3 Å². The molecule has 0 unspecified atom stereocenters. The third-order valence-corrected chi connectivity index (χ3v) is 3.20. The number of hydrogen-bond donors (Lipinski definition) is 0. The highest BCUT2D eigenvalue weighted by molar-refractivity contribution is 5.50. The van der Waals surface area contributed by atoms with Gasteiger partial charge in [-0.25, -0.2) is 4.98 Å². The van der Waals surface area contributed by atoms with Crippen molar-refractivity contribution in [1.29, 1.82) is 0 Å². The van der Waals surface area contributed by atoms with Crippen LogP contribution in [0.25, 0.3) is 5.65 Å². The van der Waals surface area contributed by atoms with E-state index in [2.05, 4.69) is 29.7 Å². The van der Waals surface area contributed by atoms with Crippen LogP contribution in [0.5, 0.6) is 0 Å². The lowest BCUT2D eigenvalue weighted by atomic mass is 10.2. The number of hydrogen-bond acceptors (Lipinski definition) is 2. The van der Waals surface area contributed by atoms with Gasteiger partial charge in [0.05, 0.1) is 12.3 Å². The predicted octanol–water partition coefficient (Wildman–Crippen LogP) is 2.67. The summed E-state index contributed by atoms with van der Waals surface area (Å²) in [5, 5.41) is 0. The molecule has 0 amide bonds. The molecule has 2 aromatic heterocycles. The minimum absolute atomic E-state index is 0.646. The number of aryl methyl sites for hydroxylation is 1. The van der Waals surface area contributed by atoms with Gasteiger partial charge < -0.3 is 9.14 Å². The van der Waals surface area contributed by atoms with E-state index in [0.29, 0.717) is 12.5 Å². The lowest BCUT2D eigenvalue weighted by Gasteiger charge is -2.08. The van der Waals surface area contributed by atoms with Gasteiger partial charge in [0, 0.05) is 24.9 Å². The maximum Gasteiger partial charge on any atom is 0.140 e. The van der Waals surface area contributed by atoms with Gasteiger partial charge in [0.2, 0.25) is 0 Å². The van der Waals surface area contributed by atoms with Crippen LogP contribution in [0.1, 0.15) is 35.7 Å². The summed E-state index contributed by atoms with van der Waals surface area (Å²) in [6, 6.07) is 4.30. The lowest BCUT2D eigenvalue weighted by Crippen LogP contribution is -2.02. The van der Waals surface area contributed by atoms with Gasteiger partial charge in [-0.15, -0.1) is 0 Å². The Hall–Kier alpha value is -1.35. The summed E-state index contributed by atoms with van der Waals surface area (Å²) in [5.41, 5.74) is 4.75. The molecular formula is C13H16N2O. The monoisotopic (exact) mass is 216 g/mol. The molecule has 3 rings (SSSR count). The van der Waals surface area contributed by atoms with Crippen molar-refractivity contribution >= 4 is 5.65 Å². The normalized spacial score (nSPS) is 15.9. The number of methoxy groups -OCH3 is 1. The zero-order valence-electron chi connectivity index (χ0n) is 9.73. The van der Waals surface area contributed by atoms with Crippen LogP contribution in [0, 0.1) is 6.92 Å². The molecule has 0 N–H and O–H groups in total. The topological polar surface area (TPSA) is 26.5 Å². The van der Waals surface area contributed by atoms with Gasteiger partial charge in [0.15, 0.2) is 0 Å². The molecule has 84 valence electrons. The Morgan fingerprint density at radius 2 is 2.31 bits per heavy atom. The van der Waals surface area contributed by atoms with Gasteiger partial charge in [-0.2, -0.15) is 0 Å². The van der Waals surface area contributed by atoms with Crippen LogP contribution in [-0.2, 0) is 11.3 Å². The van der Waals surface area contributed by atoms with Crippen LogP contribution in [0.2, 0.25) is 0 Å². The Labute approximate surface area is 95.1 Å². The zero-order chi connectivity index (χ0) is 11.1. The van der Waals surface area contributed by atoms with Gasteiger partial charge in [-0.1, -0.05) is 0 Å². The van der Waals surface area contributed by atoms with Gasteiger partial charge in [0.1, 0.15) is 5.65 Å². The standard InChI is InChI=1S/C13H16N2O/c1-9-5-6-15-11(8-16-2)7-12(10-3-4-10)14-13(9)15/h5-7,10H,3-4,8H2,1-2H3. The van der Waals surface area contributed by atoms with E-state index in [1.807, 2.05) is 0 Å². The fourth-order valence-electron chi connectivity index (χ4n) is 2.14. The van der Waals surface area contributed by atoms with Crippen LogP contribution in [0.3, 0.4) is 0 Å². The Kier molecular flexibility index (Phi) is 2.21. The summed E-state index contributed by atoms with van der Waals surface area (Å²) in [7, 11) is 1.74. The lowest BCUT2D eigenvalue weighted by molar-refractivity contribution is 0.180. The Morgan fingerprint density at radius 1 is 1.50 bits per heavy atom. The molecule has 1 saturated carbocycles. The number of aromatic nitrogens is 2. The number of ether oxygens (including phenoxy) is 1. The molecule has 3 heteroatoms. The summed E-state index contributed by atoms with van der Waals surface area (Å²) >= 11 is 0. The largest absolute Gasteiger partial charge is 0.378 e. The number of rotatable bonds is 3. The van der Waals surface area contributed by atoms with Gasteiger partial charge >= 0.3 is 0 Å². The quantitative estimate of drug-likeness (QED) is 0.788. The summed E-state index contributed by atoms with van der Waals surface area (Å²) < 4.78 is 7.38. The highest BCUT2D eigenvalue weighted by Crippen LogP contribution is 2.39. The van der Waals surface area contributed by atoms with E-state index in [-0.39, 0.29) is 0 Å². The highest BCUT2D eigenvalue weighted by atomic mass is 16.5. The van der Waals surface area contributed by atoms with Crippen LogP contribution in [0.4, 0.5) is 0 Å². The number of fused-ring (bicyclic) bond motifs is 1.